The molecule has 0 unspecified atom stereocenters. The number of para-hydroxylation sites is 2. The first kappa shape index (κ1) is 30.0. The Labute approximate surface area is 220 Å². The quantitative estimate of drug-likeness (QED) is 0.306. The van der Waals surface area contributed by atoms with Crippen LogP contribution >= 0.6 is 0 Å². The first-order valence-electron chi connectivity index (χ1n) is 10.8. The van der Waals surface area contributed by atoms with Crippen molar-refractivity contribution >= 4 is 0 Å². The van der Waals surface area contributed by atoms with Crippen molar-refractivity contribution in [3.8, 4) is 11.5 Å². The van der Waals surface area contributed by atoms with Gasteiger partial charge in [0.1, 0.15) is 0 Å². The summed E-state index contributed by atoms with van der Waals surface area (Å²) in [6, 6.07) is 34.3. The van der Waals surface area contributed by atoms with Gasteiger partial charge in [-0.2, -0.15) is 0 Å². The van der Waals surface area contributed by atoms with Gasteiger partial charge in [0.05, 0.1) is 12.1 Å². The summed E-state index contributed by atoms with van der Waals surface area (Å²) in [5.74, 6) is 0.0487. The van der Waals surface area contributed by atoms with Crippen molar-refractivity contribution < 1.29 is 42.2 Å². The summed E-state index contributed by atoms with van der Waals surface area (Å²) >= 11 is 0. The Morgan fingerprint density at radius 1 is 0.486 bits per heavy atom. The third-order valence-electron chi connectivity index (χ3n) is 5.62. The van der Waals surface area contributed by atoms with Crippen LogP contribution in [0.2, 0.25) is 0 Å². The van der Waals surface area contributed by atoms with E-state index < -0.39 is 0 Å². The van der Waals surface area contributed by atoms with Crippen LogP contribution in [0, 0.1) is 0 Å². The van der Waals surface area contributed by atoms with Crippen LogP contribution in [0.3, 0.4) is 0 Å². The van der Waals surface area contributed by atoms with Gasteiger partial charge in [-0.25, -0.2) is 0 Å². The Morgan fingerprint density at radius 2 is 0.800 bits per heavy atom. The Bertz CT molecular complexity index is 1040. The van der Waals surface area contributed by atoms with Crippen molar-refractivity contribution in [2.45, 2.75) is 25.2 Å². The summed E-state index contributed by atoms with van der Waals surface area (Å²) in [5.41, 5.74) is 3.66. The zero-order valence-corrected chi connectivity index (χ0v) is 21.0. The second kappa shape index (κ2) is 15.1. The van der Waals surface area contributed by atoms with Crippen LogP contribution in [-0.2, 0) is 45.1 Å². The number of benzene rings is 4. The van der Waals surface area contributed by atoms with E-state index in [1.54, 1.807) is 24.3 Å². The number of hydrogen-bond donors (Lipinski definition) is 2. The van der Waals surface area contributed by atoms with Crippen LogP contribution in [0.1, 0.15) is 34.3 Å². The Balaban J connectivity index is 0.00000204. The summed E-state index contributed by atoms with van der Waals surface area (Å²) in [7, 11) is 0. The van der Waals surface area contributed by atoms with Gasteiger partial charge in [-0.05, 0) is 22.3 Å². The monoisotopic (exact) mass is 552 g/mol. The second-order valence-corrected chi connectivity index (χ2v) is 7.75. The van der Waals surface area contributed by atoms with E-state index in [1.165, 1.54) is 0 Å². The Kier molecular flexibility index (Phi) is 13.0. The second-order valence-electron chi connectivity index (χ2n) is 7.75. The van der Waals surface area contributed by atoms with Gasteiger partial charge in [0, 0.05) is 34.2 Å². The molecule has 4 aromatic rings. The van der Waals surface area contributed by atoms with Crippen LogP contribution in [0.5, 0.6) is 11.5 Å². The summed E-state index contributed by atoms with van der Waals surface area (Å²) in [6.07, 6.45) is 0. The summed E-state index contributed by atoms with van der Waals surface area (Å²) in [4.78, 5) is 0. The number of hydrogen-bond acceptors (Lipinski definition) is 4. The predicted molar refractivity (Wildman–Crippen MR) is 125 cm³/mol. The molecule has 4 rings (SSSR count). The molecule has 0 aliphatic heterocycles. The molecule has 2 N–H and O–H groups in total. The Hall–Kier alpha value is -2.99. The van der Waals surface area contributed by atoms with E-state index in [0.717, 1.165) is 22.3 Å². The molecule has 2 atom stereocenters. The third-order valence-corrected chi connectivity index (χ3v) is 5.62. The van der Waals surface area contributed by atoms with E-state index >= 15 is 0 Å². The van der Waals surface area contributed by atoms with Gasteiger partial charge in [-0.15, -0.1) is 11.5 Å². The van der Waals surface area contributed by atoms with Gasteiger partial charge in [0.2, 0.25) is 0 Å². The fourth-order valence-electron chi connectivity index (χ4n) is 3.92. The Morgan fingerprint density at radius 3 is 1.14 bits per heavy atom. The molecule has 0 aromatic heterocycles. The minimum Gasteiger partial charge on any atom is -2.00 e. The molecule has 0 spiro atoms. The molecule has 0 radical (unpaired) electrons. The van der Waals surface area contributed by atoms with Crippen LogP contribution in [0.25, 0.3) is 0 Å². The number of nitrogens with one attached hydrogen (secondary N) is 2. The van der Waals surface area contributed by atoms with Gasteiger partial charge in [-0.1, -0.05) is 109 Å². The van der Waals surface area contributed by atoms with Gasteiger partial charge in [0.15, 0.2) is 0 Å². The first-order valence-corrected chi connectivity index (χ1v) is 10.8. The van der Waals surface area contributed by atoms with Crippen molar-refractivity contribution in [3.63, 3.8) is 0 Å². The van der Waals surface area contributed by atoms with Crippen LogP contribution < -0.4 is 20.8 Å². The molecule has 35 heavy (non-hydrogen) atoms. The van der Waals surface area contributed by atoms with Crippen molar-refractivity contribution in [1.82, 2.24) is 10.6 Å². The maximum atomic E-state index is 12.3. The van der Waals surface area contributed by atoms with E-state index in [2.05, 4.69) is 34.9 Å². The molecular formula is C28H26MoN2O4-6. The fourth-order valence-corrected chi connectivity index (χ4v) is 3.92. The molecule has 0 amide bonds. The molecule has 0 bridgehead atoms. The van der Waals surface area contributed by atoms with Crippen LogP contribution in [0.4, 0.5) is 0 Å². The van der Waals surface area contributed by atoms with Crippen molar-refractivity contribution in [1.29, 1.82) is 0 Å². The SMILES string of the molecule is [Mo].[O-2].[O-2].[O-]c1ccccc1CN[C@H](c1ccccc1)[C@H](NCc1ccccc1[O-])c1ccccc1. The maximum absolute atomic E-state index is 12.3. The average Bonchev–Trinajstić information content (AvgIpc) is 2.84. The molecule has 7 heteroatoms. The predicted octanol–water partition coefficient (Wildman–Crippen LogP) is 3.96. The van der Waals surface area contributed by atoms with Crippen molar-refractivity contribution in [2.75, 3.05) is 0 Å². The first-order chi connectivity index (χ1) is 15.7. The molecule has 0 saturated heterocycles. The topological polar surface area (TPSA) is 127 Å². The summed E-state index contributed by atoms with van der Waals surface area (Å²) < 4.78 is 0. The van der Waals surface area contributed by atoms with Gasteiger partial charge in [-0.3, -0.25) is 0 Å². The smallest absolute Gasteiger partial charge is 0.0520 e. The van der Waals surface area contributed by atoms with E-state index in [9.17, 15) is 10.2 Å². The van der Waals surface area contributed by atoms with Gasteiger partial charge >= 0.3 is 0 Å². The number of rotatable bonds is 9. The average molecular weight is 550 g/mol. The van der Waals surface area contributed by atoms with E-state index in [-0.39, 0.29) is 55.6 Å². The molecule has 6 nitrogen and oxygen atoms in total. The molecule has 0 saturated carbocycles. The van der Waals surface area contributed by atoms with E-state index in [4.69, 9.17) is 0 Å². The summed E-state index contributed by atoms with van der Waals surface area (Å²) in [5, 5.41) is 31.7. The molecule has 184 valence electrons. The van der Waals surface area contributed by atoms with Crippen LogP contribution in [0.15, 0.2) is 109 Å². The third kappa shape index (κ3) is 8.03. The zero-order valence-electron chi connectivity index (χ0n) is 19.0. The zero-order chi connectivity index (χ0) is 22.2. The molecule has 4 aromatic carbocycles. The minimum atomic E-state index is -0.114. The fraction of sp³-hybridized carbons (Fsp3) is 0.143. The molecular weight excluding hydrogens is 524 g/mol. The van der Waals surface area contributed by atoms with Gasteiger partial charge in [0.25, 0.3) is 0 Å². The molecule has 0 fully saturated rings. The van der Waals surface area contributed by atoms with Crippen molar-refractivity contribution in [3.05, 3.63) is 131 Å². The molecule has 0 aliphatic carbocycles. The maximum Gasteiger partial charge on any atom is 0.0520 e. The summed E-state index contributed by atoms with van der Waals surface area (Å²) in [6.45, 7) is 0.894. The molecule has 0 heterocycles. The normalized spacial score (nSPS) is 11.8. The van der Waals surface area contributed by atoms with E-state index in [0.29, 0.717) is 13.1 Å². The minimum absolute atomic E-state index is 0. The van der Waals surface area contributed by atoms with Crippen molar-refractivity contribution in [2.24, 2.45) is 0 Å². The van der Waals surface area contributed by atoms with E-state index in [1.807, 2.05) is 60.7 Å². The largest absolute Gasteiger partial charge is 2.00 e. The molecule has 0 aliphatic rings. The van der Waals surface area contributed by atoms with Gasteiger partial charge < -0.3 is 31.8 Å². The standard InChI is InChI=1S/C28H28N2O2.Mo.2O/c31-25-17-9-7-15-23(25)19-29-27(21-11-3-1-4-12-21)28(22-13-5-2-6-14-22)30-20-24-16-8-10-18-26(24)32;;;/h1-18,27-32H,19-20H2;;;/q;;2*-2/p-2/t27-,28-;;;/m1.../s1. The van der Waals surface area contributed by atoms with Crippen LogP contribution in [-0.4, -0.2) is 0 Å².